The number of pyridine rings is 2. The molecule has 0 saturated heterocycles. The van der Waals surface area contributed by atoms with Gasteiger partial charge in [0.1, 0.15) is 0 Å². The van der Waals surface area contributed by atoms with Crippen LogP contribution in [-0.4, -0.2) is 21.9 Å². The minimum Gasteiger partial charge on any atom is -0.349 e. The number of carbonyl (C=O) groups excluding carboxylic acids is 1. The molecule has 25 heavy (non-hydrogen) atoms. The molecule has 1 saturated carbocycles. The molecule has 126 valence electrons. The smallest absolute Gasteiger partial charge is 0.252 e. The molecule has 0 spiro atoms. The molecule has 0 radical (unpaired) electrons. The van der Waals surface area contributed by atoms with Gasteiger partial charge in [-0.3, -0.25) is 9.78 Å². The maximum absolute atomic E-state index is 12.9. The van der Waals surface area contributed by atoms with Crippen molar-refractivity contribution in [3.8, 4) is 11.3 Å². The Kier molecular flexibility index (Phi) is 4.36. The lowest BCUT2D eigenvalue weighted by Gasteiger charge is -2.15. The zero-order chi connectivity index (χ0) is 17.2. The highest BCUT2D eigenvalue weighted by atomic mass is 35.5. The van der Waals surface area contributed by atoms with E-state index >= 15 is 0 Å². The van der Waals surface area contributed by atoms with Crippen molar-refractivity contribution in [3.63, 3.8) is 0 Å². The zero-order valence-corrected chi connectivity index (χ0v) is 14.5. The van der Waals surface area contributed by atoms with Gasteiger partial charge in [-0.1, -0.05) is 36.6 Å². The van der Waals surface area contributed by atoms with Crippen LogP contribution >= 0.6 is 11.6 Å². The van der Waals surface area contributed by atoms with Gasteiger partial charge >= 0.3 is 0 Å². The SMILES string of the molecule is O=C(NC1CCCC1)c1cc(-c2ccncc2)nc2c(Cl)cccc12. The van der Waals surface area contributed by atoms with E-state index in [1.807, 2.05) is 30.3 Å². The summed E-state index contributed by atoms with van der Waals surface area (Å²) in [4.78, 5) is 21.6. The number of nitrogens with one attached hydrogen (secondary N) is 1. The van der Waals surface area contributed by atoms with Crippen molar-refractivity contribution in [2.24, 2.45) is 0 Å². The number of rotatable bonds is 3. The fraction of sp³-hybridized carbons (Fsp3) is 0.250. The molecule has 1 aromatic carbocycles. The van der Waals surface area contributed by atoms with Crippen molar-refractivity contribution in [1.82, 2.24) is 15.3 Å². The summed E-state index contributed by atoms with van der Waals surface area (Å²) in [7, 11) is 0. The lowest BCUT2D eigenvalue weighted by molar-refractivity contribution is 0.0939. The average Bonchev–Trinajstić information content (AvgIpc) is 3.15. The molecule has 0 bridgehead atoms. The van der Waals surface area contributed by atoms with Gasteiger partial charge in [0.25, 0.3) is 5.91 Å². The molecule has 0 atom stereocenters. The molecule has 2 aromatic heterocycles. The molecule has 0 unspecified atom stereocenters. The molecule has 3 aromatic rings. The van der Waals surface area contributed by atoms with Gasteiger partial charge < -0.3 is 5.32 Å². The summed E-state index contributed by atoms with van der Waals surface area (Å²) in [6.07, 6.45) is 7.88. The first-order chi connectivity index (χ1) is 12.2. The van der Waals surface area contributed by atoms with Gasteiger partial charge in [-0.05, 0) is 37.1 Å². The van der Waals surface area contributed by atoms with Gasteiger partial charge in [0.15, 0.2) is 0 Å². The second kappa shape index (κ2) is 6.81. The number of carbonyl (C=O) groups is 1. The third kappa shape index (κ3) is 3.22. The number of hydrogen-bond donors (Lipinski definition) is 1. The standard InChI is InChI=1S/C20H18ClN3O/c21-17-7-3-6-15-16(20(25)23-14-4-1-2-5-14)12-18(24-19(15)17)13-8-10-22-11-9-13/h3,6-12,14H,1-2,4-5H2,(H,23,25). The first-order valence-corrected chi connectivity index (χ1v) is 8.91. The normalized spacial score (nSPS) is 14.8. The number of fused-ring (bicyclic) bond motifs is 1. The monoisotopic (exact) mass is 351 g/mol. The van der Waals surface area contributed by atoms with E-state index in [1.165, 1.54) is 12.8 Å². The fourth-order valence-electron chi connectivity index (χ4n) is 3.41. The minimum atomic E-state index is -0.0585. The number of benzene rings is 1. The van der Waals surface area contributed by atoms with Crippen LogP contribution in [0.3, 0.4) is 0 Å². The first-order valence-electron chi connectivity index (χ1n) is 8.53. The number of hydrogen-bond acceptors (Lipinski definition) is 3. The van der Waals surface area contributed by atoms with Gasteiger partial charge in [0.2, 0.25) is 0 Å². The summed E-state index contributed by atoms with van der Waals surface area (Å²) >= 11 is 6.36. The predicted molar refractivity (Wildman–Crippen MR) is 99.7 cm³/mol. The second-order valence-electron chi connectivity index (χ2n) is 6.38. The maximum atomic E-state index is 12.9. The van der Waals surface area contributed by atoms with E-state index in [9.17, 15) is 4.79 Å². The Hall–Kier alpha value is -2.46. The van der Waals surface area contributed by atoms with Gasteiger partial charge in [-0.25, -0.2) is 4.98 Å². The van der Waals surface area contributed by atoms with Crippen molar-refractivity contribution in [2.45, 2.75) is 31.7 Å². The summed E-state index contributed by atoms with van der Waals surface area (Å²) < 4.78 is 0. The van der Waals surface area contributed by atoms with E-state index < -0.39 is 0 Å². The summed E-state index contributed by atoms with van der Waals surface area (Å²) in [5.41, 5.74) is 2.90. The Morgan fingerprint density at radius 3 is 2.64 bits per heavy atom. The number of nitrogens with zero attached hydrogens (tertiary/aromatic N) is 2. The highest BCUT2D eigenvalue weighted by Crippen LogP contribution is 2.29. The Morgan fingerprint density at radius 2 is 1.88 bits per heavy atom. The van der Waals surface area contributed by atoms with E-state index in [0.717, 1.165) is 29.5 Å². The molecule has 1 fully saturated rings. The molecular weight excluding hydrogens is 334 g/mol. The van der Waals surface area contributed by atoms with Crippen LogP contribution in [0.5, 0.6) is 0 Å². The van der Waals surface area contributed by atoms with Crippen molar-refractivity contribution in [1.29, 1.82) is 0 Å². The Morgan fingerprint density at radius 1 is 1.12 bits per heavy atom. The van der Waals surface area contributed by atoms with Crippen LogP contribution < -0.4 is 5.32 Å². The average molecular weight is 352 g/mol. The van der Waals surface area contributed by atoms with Gasteiger partial charge in [0, 0.05) is 29.4 Å². The minimum absolute atomic E-state index is 0.0585. The topological polar surface area (TPSA) is 54.9 Å². The number of aromatic nitrogens is 2. The molecule has 1 aliphatic carbocycles. The fourth-order valence-corrected chi connectivity index (χ4v) is 3.62. The third-order valence-electron chi connectivity index (χ3n) is 4.70. The summed E-state index contributed by atoms with van der Waals surface area (Å²) in [6, 6.07) is 11.4. The van der Waals surface area contributed by atoms with Crippen LogP contribution in [0.15, 0.2) is 48.8 Å². The van der Waals surface area contributed by atoms with E-state index in [-0.39, 0.29) is 11.9 Å². The third-order valence-corrected chi connectivity index (χ3v) is 5.01. The largest absolute Gasteiger partial charge is 0.349 e. The van der Waals surface area contributed by atoms with E-state index in [0.29, 0.717) is 16.1 Å². The predicted octanol–water partition coefficient (Wildman–Crippen LogP) is 4.62. The quantitative estimate of drug-likeness (QED) is 0.748. The molecule has 4 nitrogen and oxygen atoms in total. The van der Waals surface area contributed by atoms with E-state index in [4.69, 9.17) is 11.6 Å². The van der Waals surface area contributed by atoms with E-state index in [1.54, 1.807) is 18.5 Å². The highest BCUT2D eigenvalue weighted by molar-refractivity contribution is 6.35. The summed E-state index contributed by atoms with van der Waals surface area (Å²) in [6.45, 7) is 0. The first kappa shape index (κ1) is 16.0. The Labute approximate surface area is 151 Å². The number of halogens is 1. The van der Waals surface area contributed by atoms with E-state index in [2.05, 4.69) is 15.3 Å². The molecule has 4 rings (SSSR count). The molecule has 2 heterocycles. The van der Waals surface area contributed by atoms with Crippen LogP contribution in [0, 0.1) is 0 Å². The van der Waals surface area contributed by atoms with Crippen molar-refractivity contribution in [3.05, 3.63) is 59.4 Å². The van der Waals surface area contributed by atoms with Gasteiger partial charge in [0.05, 0.1) is 21.8 Å². The number of amides is 1. The maximum Gasteiger partial charge on any atom is 0.252 e. The highest BCUT2D eigenvalue weighted by Gasteiger charge is 2.21. The van der Waals surface area contributed by atoms with Crippen molar-refractivity contribution >= 4 is 28.4 Å². The molecule has 1 aliphatic rings. The second-order valence-corrected chi connectivity index (χ2v) is 6.79. The van der Waals surface area contributed by atoms with Gasteiger partial charge in [-0.2, -0.15) is 0 Å². The molecule has 5 heteroatoms. The van der Waals surface area contributed by atoms with Crippen LogP contribution in [0.4, 0.5) is 0 Å². The molecule has 0 aliphatic heterocycles. The number of para-hydroxylation sites is 1. The van der Waals surface area contributed by atoms with Crippen LogP contribution in [0.2, 0.25) is 5.02 Å². The lowest BCUT2D eigenvalue weighted by Crippen LogP contribution is -2.32. The van der Waals surface area contributed by atoms with Gasteiger partial charge in [-0.15, -0.1) is 0 Å². The summed E-state index contributed by atoms with van der Waals surface area (Å²) in [5.74, 6) is -0.0585. The molecular formula is C20H18ClN3O. The summed E-state index contributed by atoms with van der Waals surface area (Å²) in [5, 5.41) is 4.49. The van der Waals surface area contributed by atoms with Crippen LogP contribution in [0.25, 0.3) is 22.2 Å². The van der Waals surface area contributed by atoms with Crippen LogP contribution in [-0.2, 0) is 0 Å². The molecule has 1 amide bonds. The Balaban J connectivity index is 1.83. The lowest BCUT2D eigenvalue weighted by atomic mass is 10.0. The zero-order valence-electron chi connectivity index (χ0n) is 13.7. The van der Waals surface area contributed by atoms with Crippen molar-refractivity contribution in [2.75, 3.05) is 0 Å². The Bertz CT molecular complexity index is 921. The molecule has 1 N–H and O–H groups in total. The van der Waals surface area contributed by atoms with Crippen molar-refractivity contribution < 1.29 is 4.79 Å². The van der Waals surface area contributed by atoms with Crippen LogP contribution in [0.1, 0.15) is 36.0 Å².